The molecule has 5 rings (SSSR count). The Kier molecular flexibility index (Phi) is 13.4. The summed E-state index contributed by atoms with van der Waals surface area (Å²) in [6.45, 7) is 26.8. The second-order valence-electron chi connectivity index (χ2n) is 18.1. The van der Waals surface area contributed by atoms with Crippen molar-refractivity contribution in [1.82, 2.24) is 0 Å². The number of rotatable bonds is 15. The van der Waals surface area contributed by atoms with Crippen LogP contribution in [0.25, 0.3) is 17.0 Å². The fourth-order valence-corrected chi connectivity index (χ4v) is 13.2. The lowest BCUT2D eigenvalue weighted by Gasteiger charge is -2.45. The quantitative estimate of drug-likeness (QED) is 0.0680. The summed E-state index contributed by atoms with van der Waals surface area (Å²) >= 11 is 0. The molecule has 6 nitrogen and oxygen atoms in total. The first kappa shape index (κ1) is 42.6. The SMILES string of the molecule is Cc1cc2occc2c(/C=C/C[C@@H]2OC(C)(C)O[C@@H]2C(C)/C=C\[C@@H](C)[C@H](C)O[Si](c2ccccc2)(c2ccccc2)C(C)(C)C)c1C(=O)OCC[Si](C)(C)C. The van der Waals surface area contributed by atoms with E-state index in [4.69, 9.17) is 23.1 Å². The number of benzene rings is 3. The predicted molar refractivity (Wildman–Crippen MR) is 232 cm³/mol. The third-order valence-electron chi connectivity index (χ3n) is 10.9. The number of hydrogen-bond donors (Lipinski definition) is 0. The van der Waals surface area contributed by atoms with Crippen LogP contribution in [-0.4, -0.2) is 53.1 Å². The minimum atomic E-state index is -2.69. The molecule has 0 amide bonds. The van der Waals surface area contributed by atoms with Crippen LogP contribution in [0.5, 0.6) is 0 Å². The number of carbonyl (C=O) groups is 1. The predicted octanol–water partition coefficient (Wildman–Crippen LogP) is 11.0. The van der Waals surface area contributed by atoms with Crippen molar-refractivity contribution < 1.29 is 27.8 Å². The molecule has 5 atom stereocenters. The zero-order chi connectivity index (χ0) is 40.2. The van der Waals surface area contributed by atoms with Crippen LogP contribution < -0.4 is 10.4 Å². The molecule has 0 spiro atoms. The van der Waals surface area contributed by atoms with Crippen LogP contribution in [0.1, 0.15) is 83.3 Å². The molecule has 0 bridgehead atoms. The van der Waals surface area contributed by atoms with Gasteiger partial charge < -0.3 is 23.1 Å². The van der Waals surface area contributed by atoms with E-state index in [1.54, 1.807) is 6.26 Å². The number of aryl methyl sites for hydroxylation is 1. The molecule has 0 aliphatic carbocycles. The number of hydrogen-bond acceptors (Lipinski definition) is 6. The lowest BCUT2D eigenvalue weighted by molar-refractivity contribution is -0.148. The van der Waals surface area contributed by atoms with Crippen molar-refractivity contribution in [1.29, 1.82) is 0 Å². The van der Waals surface area contributed by atoms with E-state index < -0.39 is 22.2 Å². The summed E-state index contributed by atoms with van der Waals surface area (Å²) in [5.41, 5.74) is 2.98. The third kappa shape index (κ3) is 10.1. The third-order valence-corrected chi connectivity index (χ3v) is 17.8. The van der Waals surface area contributed by atoms with E-state index in [1.807, 2.05) is 39.0 Å². The molecule has 55 heavy (non-hydrogen) atoms. The summed E-state index contributed by atoms with van der Waals surface area (Å²) in [7, 11) is -4.04. The Morgan fingerprint density at radius 1 is 0.909 bits per heavy atom. The van der Waals surface area contributed by atoms with Gasteiger partial charge in [0.05, 0.1) is 30.6 Å². The van der Waals surface area contributed by atoms with Gasteiger partial charge in [0, 0.05) is 25.5 Å². The zero-order valence-electron chi connectivity index (χ0n) is 35.3. The number of carbonyl (C=O) groups excluding carboxylic acids is 1. The Morgan fingerprint density at radius 3 is 2.11 bits per heavy atom. The zero-order valence-corrected chi connectivity index (χ0v) is 37.3. The molecule has 1 unspecified atom stereocenters. The van der Waals surface area contributed by atoms with Gasteiger partial charge in [0.15, 0.2) is 5.79 Å². The van der Waals surface area contributed by atoms with E-state index in [-0.39, 0.29) is 41.2 Å². The van der Waals surface area contributed by atoms with Gasteiger partial charge in [-0.3, -0.25) is 0 Å². The van der Waals surface area contributed by atoms with Crippen LogP contribution in [-0.2, 0) is 18.6 Å². The largest absolute Gasteiger partial charge is 0.464 e. The molecule has 4 aromatic rings. The van der Waals surface area contributed by atoms with Crippen molar-refractivity contribution in [3.8, 4) is 0 Å². The van der Waals surface area contributed by atoms with Crippen molar-refractivity contribution in [2.24, 2.45) is 11.8 Å². The second-order valence-corrected chi connectivity index (χ2v) is 28.0. The average molecular weight is 781 g/mol. The highest BCUT2D eigenvalue weighted by atomic mass is 28.4. The van der Waals surface area contributed by atoms with Crippen LogP contribution >= 0.6 is 0 Å². The highest BCUT2D eigenvalue weighted by Gasteiger charge is 2.51. The fraction of sp³-hybridized carbons (Fsp3) is 0.468. The van der Waals surface area contributed by atoms with Crippen molar-refractivity contribution >= 4 is 49.8 Å². The molecule has 2 heterocycles. The number of furan rings is 1. The molecule has 1 aliphatic rings. The van der Waals surface area contributed by atoms with E-state index >= 15 is 0 Å². The fourth-order valence-electron chi connectivity index (χ4n) is 7.74. The van der Waals surface area contributed by atoms with Crippen LogP contribution in [0.4, 0.5) is 0 Å². The maximum atomic E-state index is 13.5. The van der Waals surface area contributed by atoms with Crippen LogP contribution in [0.15, 0.2) is 102 Å². The van der Waals surface area contributed by atoms with E-state index in [0.717, 1.165) is 28.1 Å². The lowest BCUT2D eigenvalue weighted by atomic mass is 9.94. The first-order chi connectivity index (χ1) is 25.8. The molecule has 0 radical (unpaired) electrons. The smallest absolute Gasteiger partial charge is 0.339 e. The first-order valence-corrected chi connectivity index (χ1v) is 25.6. The van der Waals surface area contributed by atoms with E-state index in [9.17, 15) is 4.79 Å². The van der Waals surface area contributed by atoms with Crippen LogP contribution in [0, 0.1) is 18.8 Å². The summed E-state index contributed by atoms with van der Waals surface area (Å²) in [4.78, 5) is 13.5. The van der Waals surface area contributed by atoms with E-state index in [1.165, 1.54) is 10.4 Å². The molecule has 1 saturated heterocycles. The van der Waals surface area contributed by atoms with Crippen molar-refractivity contribution in [3.05, 3.63) is 114 Å². The molecule has 8 heteroatoms. The maximum Gasteiger partial charge on any atom is 0.339 e. The van der Waals surface area contributed by atoms with Crippen LogP contribution in [0.3, 0.4) is 0 Å². The second kappa shape index (κ2) is 17.3. The minimum Gasteiger partial charge on any atom is -0.464 e. The summed E-state index contributed by atoms with van der Waals surface area (Å²) < 4.78 is 32.1. The number of esters is 1. The lowest BCUT2D eigenvalue weighted by Crippen LogP contribution is -2.67. The van der Waals surface area contributed by atoms with Gasteiger partial charge in [-0.1, -0.05) is 139 Å². The van der Waals surface area contributed by atoms with Gasteiger partial charge in [-0.2, -0.15) is 0 Å². The molecule has 1 aliphatic heterocycles. The summed E-state index contributed by atoms with van der Waals surface area (Å²) in [5.74, 6) is -0.776. The van der Waals surface area contributed by atoms with Crippen molar-refractivity contribution in [3.63, 3.8) is 0 Å². The first-order valence-electron chi connectivity index (χ1n) is 20.0. The monoisotopic (exact) mass is 780 g/mol. The Bertz CT molecular complexity index is 1890. The summed E-state index contributed by atoms with van der Waals surface area (Å²) in [5, 5.41) is 3.35. The van der Waals surface area contributed by atoms with Gasteiger partial charge in [0.1, 0.15) is 5.58 Å². The molecule has 0 saturated carbocycles. The molecular formula is C47H64O6Si2. The Morgan fingerprint density at radius 2 is 1.53 bits per heavy atom. The molecular weight excluding hydrogens is 717 g/mol. The van der Waals surface area contributed by atoms with Crippen molar-refractivity contribution in [2.45, 2.75) is 124 Å². The molecule has 296 valence electrons. The highest BCUT2D eigenvalue weighted by molar-refractivity contribution is 6.99. The molecule has 1 fully saturated rings. The van der Waals surface area contributed by atoms with Gasteiger partial charge in [-0.05, 0) is 84.7 Å². The molecule has 1 aromatic heterocycles. The van der Waals surface area contributed by atoms with Gasteiger partial charge >= 0.3 is 5.97 Å². The van der Waals surface area contributed by atoms with E-state index in [0.29, 0.717) is 18.6 Å². The normalized spacial score (nSPS) is 19.6. The minimum absolute atomic E-state index is 0.0313. The van der Waals surface area contributed by atoms with Gasteiger partial charge in [-0.15, -0.1) is 0 Å². The Labute approximate surface area is 332 Å². The van der Waals surface area contributed by atoms with Crippen molar-refractivity contribution in [2.75, 3.05) is 6.61 Å². The summed E-state index contributed by atoms with van der Waals surface area (Å²) in [6.07, 6.45) is 10.6. The molecule has 3 aromatic carbocycles. The van der Waals surface area contributed by atoms with E-state index in [2.05, 4.69) is 140 Å². The number of fused-ring (bicyclic) bond motifs is 1. The highest BCUT2D eigenvalue weighted by Crippen LogP contribution is 2.39. The Hall–Kier alpha value is -3.54. The van der Waals surface area contributed by atoms with Gasteiger partial charge in [0.2, 0.25) is 0 Å². The standard InChI is InChI=1S/C47H64O6Si2/c1-33(36(4)53-55(46(5,6)7,37-20-15-13-16-21-37)38-22-17-14-18-23-38)26-27-34(2)44-41(51-47(8,9)52-44)25-19-24-40-39-28-29-49-42(39)32-35(3)43(40)45(48)50-30-31-54(10,11)12/h13-24,26-29,32-34,36,41,44H,25,30-31H2,1-12H3/b24-19+,27-26-/t33-,34?,36+,41+,44-/m1/s1. The maximum absolute atomic E-state index is 13.5. The average Bonchev–Trinajstić information content (AvgIpc) is 3.71. The van der Waals surface area contributed by atoms with Crippen LogP contribution in [0.2, 0.25) is 30.7 Å². The number of ether oxygens (including phenoxy) is 3. The molecule has 0 N–H and O–H groups in total. The van der Waals surface area contributed by atoms with Gasteiger partial charge in [0.25, 0.3) is 8.32 Å². The van der Waals surface area contributed by atoms with Gasteiger partial charge in [-0.25, -0.2) is 4.79 Å². The Balaban J connectivity index is 1.34. The summed E-state index contributed by atoms with van der Waals surface area (Å²) in [6, 6.07) is 26.4. The topological polar surface area (TPSA) is 67.1 Å².